The average Bonchev–Trinajstić information content (AvgIpc) is 3.23. The fraction of sp³-hybridized carbons (Fsp3) is 0.0741. The van der Waals surface area contributed by atoms with E-state index in [1.54, 1.807) is 6.07 Å². The summed E-state index contributed by atoms with van der Waals surface area (Å²) in [5.41, 5.74) is 7.22. The average molecular weight is 407 g/mol. The Labute approximate surface area is 180 Å². The minimum Gasteiger partial charge on any atom is -0.338 e. The largest absolute Gasteiger partial charge is 0.338 e. The molecular formula is C27H22FN3. The predicted molar refractivity (Wildman–Crippen MR) is 124 cm³/mol. The van der Waals surface area contributed by atoms with Crippen LogP contribution in [-0.4, -0.2) is 9.97 Å². The van der Waals surface area contributed by atoms with Crippen LogP contribution in [0.5, 0.6) is 0 Å². The minimum absolute atomic E-state index is 0.269. The maximum atomic E-state index is 13.5. The number of aromatic nitrogens is 2. The molecule has 1 aromatic heterocycles. The summed E-state index contributed by atoms with van der Waals surface area (Å²) in [7, 11) is 0. The molecule has 152 valence electrons. The molecule has 0 amide bonds. The first-order valence-corrected chi connectivity index (χ1v) is 10.3. The number of rotatable bonds is 6. The Morgan fingerprint density at radius 1 is 0.677 bits per heavy atom. The molecule has 0 saturated carbocycles. The van der Waals surface area contributed by atoms with Gasteiger partial charge in [0.2, 0.25) is 0 Å². The van der Waals surface area contributed by atoms with Gasteiger partial charge in [-0.3, -0.25) is 0 Å². The van der Waals surface area contributed by atoms with Crippen molar-refractivity contribution in [3.05, 3.63) is 114 Å². The number of fused-ring (bicyclic) bond motifs is 1. The van der Waals surface area contributed by atoms with Gasteiger partial charge in [0.15, 0.2) is 0 Å². The van der Waals surface area contributed by atoms with Crippen molar-refractivity contribution in [2.24, 2.45) is 0 Å². The summed E-state index contributed by atoms with van der Waals surface area (Å²) in [4.78, 5) is 7.84. The van der Waals surface area contributed by atoms with Crippen LogP contribution in [0, 0.1) is 5.82 Å². The molecule has 2 N–H and O–H groups in total. The van der Waals surface area contributed by atoms with Crippen molar-refractivity contribution >= 4 is 11.0 Å². The highest BCUT2D eigenvalue weighted by Gasteiger charge is 2.08. The highest BCUT2D eigenvalue weighted by atomic mass is 19.1. The van der Waals surface area contributed by atoms with E-state index in [1.807, 2.05) is 18.2 Å². The number of hydrogen-bond acceptors (Lipinski definition) is 2. The standard InChI is InChI=1S/C27H22FN3/c28-24-12-13-25-26(16-24)31-27(30-25)23-11-5-10-22(15-23)21-9-4-8-20(14-21)18-29-17-19-6-2-1-3-7-19/h1-16,29H,17-18H2,(H,30,31). The molecule has 0 aliphatic heterocycles. The molecule has 0 unspecified atom stereocenters. The molecule has 0 saturated heterocycles. The van der Waals surface area contributed by atoms with Crippen LogP contribution < -0.4 is 5.32 Å². The monoisotopic (exact) mass is 407 g/mol. The van der Waals surface area contributed by atoms with Crippen molar-refractivity contribution in [2.75, 3.05) is 0 Å². The minimum atomic E-state index is -0.269. The Bertz CT molecular complexity index is 1320. The van der Waals surface area contributed by atoms with Crippen LogP contribution in [-0.2, 0) is 13.1 Å². The van der Waals surface area contributed by atoms with Crippen molar-refractivity contribution in [3.63, 3.8) is 0 Å². The van der Waals surface area contributed by atoms with Crippen LogP contribution in [0.25, 0.3) is 33.5 Å². The lowest BCUT2D eigenvalue weighted by Crippen LogP contribution is -2.12. The normalized spacial score (nSPS) is 11.1. The third-order valence-corrected chi connectivity index (χ3v) is 5.34. The van der Waals surface area contributed by atoms with Gasteiger partial charge < -0.3 is 10.3 Å². The van der Waals surface area contributed by atoms with Crippen molar-refractivity contribution in [1.29, 1.82) is 0 Å². The quantitative estimate of drug-likeness (QED) is 0.345. The van der Waals surface area contributed by atoms with Gasteiger partial charge in [0.1, 0.15) is 11.6 Å². The number of halogens is 1. The topological polar surface area (TPSA) is 40.7 Å². The number of benzene rings is 4. The SMILES string of the molecule is Fc1ccc2nc(-c3cccc(-c4cccc(CNCc5ccccc5)c4)c3)[nH]c2c1. The molecule has 4 aromatic carbocycles. The van der Waals surface area contributed by atoms with Gasteiger partial charge in [-0.2, -0.15) is 0 Å². The number of H-pyrrole nitrogens is 1. The van der Waals surface area contributed by atoms with Gasteiger partial charge >= 0.3 is 0 Å². The van der Waals surface area contributed by atoms with Gasteiger partial charge in [-0.15, -0.1) is 0 Å². The summed E-state index contributed by atoms with van der Waals surface area (Å²) in [5, 5.41) is 3.51. The van der Waals surface area contributed by atoms with Crippen LogP contribution in [0.2, 0.25) is 0 Å². The van der Waals surface area contributed by atoms with Crippen LogP contribution in [0.3, 0.4) is 0 Å². The van der Waals surface area contributed by atoms with Crippen LogP contribution in [0.4, 0.5) is 4.39 Å². The maximum Gasteiger partial charge on any atom is 0.138 e. The van der Waals surface area contributed by atoms with Crippen LogP contribution in [0.15, 0.2) is 97.1 Å². The molecule has 5 aromatic rings. The van der Waals surface area contributed by atoms with Crippen molar-refractivity contribution < 1.29 is 4.39 Å². The van der Waals surface area contributed by atoms with E-state index in [2.05, 4.69) is 75.9 Å². The highest BCUT2D eigenvalue weighted by molar-refractivity contribution is 5.80. The molecule has 0 fully saturated rings. The van der Waals surface area contributed by atoms with E-state index >= 15 is 0 Å². The molecule has 4 heteroatoms. The molecule has 1 heterocycles. The van der Waals surface area contributed by atoms with E-state index in [9.17, 15) is 4.39 Å². The van der Waals surface area contributed by atoms with E-state index in [0.29, 0.717) is 5.52 Å². The second-order valence-electron chi connectivity index (χ2n) is 7.62. The van der Waals surface area contributed by atoms with Gasteiger partial charge in [-0.05, 0) is 52.6 Å². The Balaban J connectivity index is 1.36. The Kier molecular flexibility index (Phi) is 5.29. The molecular weight excluding hydrogens is 385 g/mol. The second kappa shape index (κ2) is 8.54. The molecule has 5 rings (SSSR count). The Morgan fingerprint density at radius 2 is 1.39 bits per heavy atom. The molecule has 3 nitrogen and oxygen atoms in total. The number of imidazole rings is 1. The Hall–Kier alpha value is -3.76. The number of nitrogens with zero attached hydrogens (tertiary/aromatic N) is 1. The smallest absolute Gasteiger partial charge is 0.138 e. The summed E-state index contributed by atoms with van der Waals surface area (Å²) in [5.74, 6) is 0.470. The highest BCUT2D eigenvalue weighted by Crippen LogP contribution is 2.27. The van der Waals surface area contributed by atoms with E-state index in [0.717, 1.165) is 41.1 Å². The zero-order chi connectivity index (χ0) is 21.0. The molecule has 31 heavy (non-hydrogen) atoms. The lowest BCUT2D eigenvalue weighted by Gasteiger charge is -2.09. The fourth-order valence-corrected chi connectivity index (χ4v) is 3.77. The molecule has 0 atom stereocenters. The molecule has 0 bridgehead atoms. The van der Waals surface area contributed by atoms with Crippen molar-refractivity contribution in [1.82, 2.24) is 15.3 Å². The maximum absolute atomic E-state index is 13.5. The van der Waals surface area contributed by atoms with E-state index in [4.69, 9.17) is 0 Å². The van der Waals surface area contributed by atoms with Gasteiger partial charge in [0, 0.05) is 18.7 Å². The lowest BCUT2D eigenvalue weighted by atomic mass is 10.0. The summed E-state index contributed by atoms with van der Waals surface area (Å²) in [6.45, 7) is 1.64. The van der Waals surface area contributed by atoms with Gasteiger partial charge in [-0.25, -0.2) is 9.37 Å². The second-order valence-corrected chi connectivity index (χ2v) is 7.62. The first kappa shape index (κ1) is 19.2. The summed E-state index contributed by atoms with van der Waals surface area (Å²) >= 11 is 0. The zero-order valence-electron chi connectivity index (χ0n) is 17.0. The summed E-state index contributed by atoms with van der Waals surface area (Å²) < 4.78 is 13.5. The number of aromatic amines is 1. The summed E-state index contributed by atoms with van der Waals surface area (Å²) in [6, 6.07) is 31.8. The van der Waals surface area contributed by atoms with E-state index in [-0.39, 0.29) is 5.82 Å². The summed E-state index contributed by atoms with van der Waals surface area (Å²) in [6.07, 6.45) is 0. The number of hydrogen-bond donors (Lipinski definition) is 2. The third kappa shape index (κ3) is 4.39. The molecule has 0 aliphatic rings. The first-order valence-electron chi connectivity index (χ1n) is 10.3. The zero-order valence-corrected chi connectivity index (χ0v) is 17.0. The van der Waals surface area contributed by atoms with Gasteiger partial charge in [0.05, 0.1) is 11.0 Å². The van der Waals surface area contributed by atoms with E-state index < -0.39 is 0 Å². The van der Waals surface area contributed by atoms with E-state index in [1.165, 1.54) is 23.3 Å². The molecule has 0 radical (unpaired) electrons. The van der Waals surface area contributed by atoms with Crippen molar-refractivity contribution in [3.8, 4) is 22.5 Å². The fourth-order valence-electron chi connectivity index (χ4n) is 3.77. The lowest BCUT2D eigenvalue weighted by molar-refractivity contribution is 0.629. The predicted octanol–water partition coefficient (Wildman–Crippen LogP) is 6.33. The van der Waals surface area contributed by atoms with Crippen LogP contribution in [0.1, 0.15) is 11.1 Å². The van der Waals surface area contributed by atoms with Gasteiger partial charge in [0.25, 0.3) is 0 Å². The van der Waals surface area contributed by atoms with Crippen molar-refractivity contribution in [2.45, 2.75) is 13.1 Å². The molecule has 0 spiro atoms. The van der Waals surface area contributed by atoms with Gasteiger partial charge in [-0.1, -0.05) is 66.7 Å². The Morgan fingerprint density at radius 3 is 2.26 bits per heavy atom. The third-order valence-electron chi connectivity index (χ3n) is 5.34. The van der Waals surface area contributed by atoms with Crippen LogP contribution >= 0.6 is 0 Å². The first-order chi connectivity index (χ1) is 15.2. The number of nitrogens with one attached hydrogen (secondary N) is 2. The molecule has 0 aliphatic carbocycles.